The van der Waals surface area contributed by atoms with Gasteiger partial charge in [0.05, 0.1) is 11.1 Å². The Balaban J connectivity index is 1.95. The normalized spacial score (nSPS) is 17.9. The summed E-state index contributed by atoms with van der Waals surface area (Å²) in [5, 5.41) is 41.7. The molecule has 1 aliphatic rings. The molecule has 7 atom stereocenters. The summed E-state index contributed by atoms with van der Waals surface area (Å²) in [6.45, 7) is 16.0. The summed E-state index contributed by atoms with van der Waals surface area (Å²) in [4.78, 5) is 62.2. The number of anilines is 1. The van der Waals surface area contributed by atoms with E-state index < -0.39 is 47.5 Å². The van der Waals surface area contributed by atoms with E-state index in [0.717, 1.165) is 57.1 Å². The largest absolute Gasteiger partial charge is 0.612 e. The van der Waals surface area contributed by atoms with E-state index in [1.165, 1.54) is 18.3 Å². The first-order chi connectivity index (χ1) is 28.3. The highest BCUT2D eigenvalue weighted by atomic mass is 32.1. The van der Waals surface area contributed by atoms with Gasteiger partial charge in [-0.15, -0.1) is 11.3 Å². The Morgan fingerprint density at radius 3 is 2.45 bits per heavy atom. The number of carboxylic acid groups (broad SMARTS) is 1. The van der Waals surface area contributed by atoms with Gasteiger partial charge >= 0.3 is 11.9 Å². The average Bonchev–Trinajstić information content (AvgIpc) is 3.69. The minimum absolute atomic E-state index is 0.0681. The van der Waals surface area contributed by atoms with Gasteiger partial charge in [-0.3, -0.25) is 29.3 Å². The molecular weight excluding hydrogens is 787 g/mol. The van der Waals surface area contributed by atoms with Gasteiger partial charge in [0.2, 0.25) is 5.91 Å². The molecule has 3 rings (SSSR count). The minimum atomic E-state index is -1.16. The topological polar surface area (TPSA) is 201 Å². The lowest BCUT2D eigenvalue weighted by Gasteiger charge is -2.43. The van der Waals surface area contributed by atoms with Crippen LogP contribution in [-0.4, -0.2) is 100 Å². The van der Waals surface area contributed by atoms with Crippen molar-refractivity contribution >= 4 is 40.8 Å². The Labute approximate surface area is 361 Å². The van der Waals surface area contributed by atoms with Crippen LogP contribution in [0.1, 0.15) is 147 Å². The van der Waals surface area contributed by atoms with Crippen LogP contribution in [0.3, 0.4) is 0 Å². The van der Waals surface area contributed by atoms with Crippen molar-refractivity contribution in [2.24, 2.45) is 17.3 Å². The third kappa shape index (κ3) is 14.7. The summed E-state index contributed by atoms with van der Waals surface area (Å²) in [5.41, 5.74) is 3.39. The Morgan fingerprint density at radius 1 is 1.13 bits per heavy atom. The number of aromatic hydroxyl groups is 1. The van der Waals surface area contributed by atoms with Crippen molar-refractivity contribution in [2.45, 2.75) is 156 Å². The molecule has 0 bridgehead atoms. The first-order valence-corrected chi connectivity index (χ1v) is 22.7. The van der Waals surface area contributed by atoms with E-state index in [9.17, 15) is 34.6 Å². The maximum Gasteiger partial charge on any atom is 0.309 e. The standard InChI is InChI=1S/C44H73N7O8S/c1-11-13-14-16-22-50(42(55)39(29(5)12-2)48-51(58)38-18-15-17-21-49(38)10)35(28(3)4)25-37(59-30(6)52)41-47-34(27-60-41)40(54)46-32(26-44(7,8)43(56)57)23-31-19-20-36(53)33(24-31)45-9/h19-20,24,27-29,32,35,37-39,45,48,51,53H,11-18,21-23,25-26H2,1-10H3,(H,46,54)(H,56,57)/t29-,32?,35?,37+,38-,39-/m0/s1. The third-order valence-corrected chi connectivity index (χ3v) is 12.8. The van der Waals surface area contributed by atoms with Crippen molar-refractivity contribution in [3.63, 3.8) is 0 Å². The Kier molecular flexibility index (Phi) is 20.2. The number of hydrogen-bond acceptors (Lipinski definition) is 12. The summed E-state index contributed by atoms with van der Waals surface area (Å²) in [5.74, 6) is -2.33. The Hall–Kier alpha value is -3.83. The number of hydroxylamine groups is 1. The first-order valence-electron chi connectivity index (χ1n) is 21.8. The SMILES string of the molecule is CCCCCCN(C(=O)[C@@H](N[NH+]([O-])[C@H]1CCCCN1C)[C@@H](C)CC)C(C[C@@H](OC(C)=O)c1nc(C(=O)NC(Cc2ccc(O)c(NC)c2)CC(C)(C)C(=O)O)cs1)C(C)C. The van der Waals surface area contributed by atoms with Crippen molar-refractivity contribution in [3.05, 3.63) is 45.1 Å². The first kappa shape index (κ1) is 50.5. The number of carboxylic acids is 1. The second-order valence-electron chi connectivity index (χ2n) is 17.5. The smallest absolute Gasteiger partial charge is 0.309 e. The number of esters is 1. The van der Waals surface area contributed by atoms with Gasteiger partial charge in [-0.1, -0.05) is 66.4 Å². The zero-order valence-corrected chi connectivity index (χ0v) is 38.5. The molecule has 2 heterocycles. The number of nitrogens with one attached hydrogen (secondary N) is 4. The van der Waals surface area contributed by atoms with Crippen LogP contribution in [0.5, 0.6) is 5.75 Å². The van der Waals surface area contributed by atoms with Crippen LogP contribution in [0, 0.1) is 22.5 Å². The number of thiazole rings is 1. The van der Waals surface area contributed by atoms with Crippen LogP contribution in [0.2, 0.25) is 0 Å². The van der Waals surface area contributed by atoms with Crippen molar-refractivity contribution in [3.8, 4) is 5.75 Å². The van der Waals surface area contributed by atoms with Crippen LogP contribution in [-0.2, 0) is 25.5 Å². The monoisotopic (exact) mass is 860 g/mol. The van der Waals surface area contributed by atoms with Crippen LogP contribution < -0.4 is 21.2 Å². The van der Waals surface area contributed by atoms with E-state index in [0.29, 0.717) is 23.7 Å². The fourth-order valence-electron chi connectivity index (χ4n) is 7.92. The highest BCUT2D eigenvalue weighted by Gasteiger charge is 2.39. The third-order valence-electron chi connectivity index (χ3n) is 11.8. The van der Waals surface area contributed by atoms with Gasteiger partial charge in [-0.05, 0) is 82.5 Å². The number of rotatable bonds is 25. The number of carbonyl (C=O) groups excluding carboxylic acids is 3. The summed E-state index contributed by atoms with van der Waals surface area (Å²) < 4.78 is 5.92. The van der Waals surface area contributed by atoms with Crippen LogP contribution in [0.25, 0.3) is 0 Å². The van der Waals surface area contributed by atoms with Gasteiger partial charge in [0, 0.05) is 57.4 Å². The molecule has 0 aliphatic carbocycles. The Morgan fingerprint density at radius 2 is 1.85 bits per heavy atom. The molecule has 2 amide bonds. The number of likely N-dealkylation sites (tertiary alicyclic amines) is 1. The van der Waals surface area contributed by atoms with Gasteiger partial charge < -0.3 is 35.7 Å². The van der Waals surface area contributed by atoms with Crippen molar-refractivity contribution in [2.75, 3.05) is 32.5 Å². The van der Waals surface area contributed by atoms with Crippen molar-refractivity contribution in [1.29, 1.82) is 0 Å². The second-order valence-corrected chi connectivity index (χ2v) is 18.4. The number of piperidine rings is 1. The van der Waals surface area contributed by atoms with E-state index in [-0.39, 0.29) is 59.8 Å². The molecule has 0 saturated carbocycles. The average molecular weight is 860 g/mol. The summed E-state index contributed by atoms with van der Waals surface area (Å²) >= 11 is 1.18. The van der Waals surface area contributed by atoms with Crippen LogP contribution in [0.15, 0.2) is 23.6 Å². The molecule has 1 aromatic heterocycles. The molecule has 1 saturated heterocycles. The molecule has 6 N–H and O–H groups in total. The maximum absolute atomic E-state index is 14.9. The van der Waals surface area contributed by atoms with Crippen molar-refractivity contribution in [1.82, 2.24) is 25.5 Å². The number of quaternary nitrogens is 1. The quantitative estimate of drug-likeness (QED) is 0.0299. The predicted octanol–water partition coefficient (Wildman–Crippen LogP) is 5.90. The highest BCUT2D eigenvalue weighted by Crippen LogP contribution is 2.33. The van der Waals surface area contributed by atoms with Crippen LogP contribution >= 0.6 is 11.3 Å². The molecule has 1 fully saturated rings. The van der Waals surface area contributed by atoms with Gasteiger partial charge in [-0.2, -0.15) is 5.43 Å². The number of amides is 2. The number of carbonyl (C=O) groups is 4. The summed E-state index contributed by atoms with van der Waals surface area (Å²) in [6.07, 6.45) is 6.65. The zero-order valence-electron chi connectivity index (χ0n) is 37.6. The number of unbranched alkanes of at least 4 members (excludes halogenated alkanes) is 3. The van der Waals surface area contributed by atoms with E-state index >= 15 is 0 Å². The lowest BCUT2D eigenvalue weighted by molar-refractivity contribution is -0.937. The van der Waals surface area contributed by atoms with Gasteiger partial charge in [-0.25, -0.2) is 4.98 Å². The Bertz CT molecular complexity index is 1690. The van der Waals surface area contributed by atoms with E-state index in [1.54, 1.807) is 44.5 Å². The van der Waals surface area contributed by atoms with Crippen molar-refractivity contribution < 1.29 is 39.3 Å². The minimum Gasteiger partial charge on any atom is -0.612 e. The zero-order chi connectivity index (χ0) is 44.7. The number of ether oxygens (including phenoxy) is 1. The number of aromatic nitrogens is 1. The fourth-order valence-corrected chi connectivity index (χ4v) is 8.76. The van der Waals surface area contributed by atoms with Gasteiger partial charge in [0.15, 0.2) is 12.3 Å². The molecule has 16 heteroatoms. The summed E-state index contributed by atoms with van der Waals surface area (Å²) in [7, 11) is 3.64. The number of benzene rings is 1. The molecule has 1 aromatic carbocycles. The second kappa shape index (κ2) is 24.0. The molecule has 0 spiro atoms. The molecule has 1 aliphatic heterocycles. The van der Waals surface area contributed by atoms with E-state index in [1.807, 2.05) is 39.6 Å². The molecule has 15 nitrogen and oxygen atoms in total. The molecule has 60 heavy (non-hydrogen) atoms. The number of aliphatic carboxylic acids is 1. The lowest BCUT2D eigenvalue weighted by Crippen LogP contribution is -3.20. The van der Waals surface area contributed by atoms with E-state index in [2.05, 4.69) is 32.9 Å². The van der Waals surface area contributed by atoms with Gasteiger partial charge in [0.1, 0.15) is 22.5 Å². The molecule has 3 unspecified atom stereocenters. The highest BCUT2D eigenvalue weighted by molar-refractivity contribution is 7.09. The maximum atomic E-state index is 14.9. The lowest BCUT2D eigenvalue weighted by atomic mass is 9.84. The van der Waals surface area contributed by atoms with Crippen LogP contribution in [0.4, 0.5) is 5.69 Å². The molecule has 2 aromatic rings. The summed E-state index contributed by atoms with van der Waals surface area (Å²) in [6, 6.07) is 3.28. The molecular formula is C44H73N7O8S. The number of hydrogen-bond donors (Lipinski definition) is 6. The number of nitrogens with zero attached hydrogens (tertiary/aromatic N) is 3. The fraction of sp³-hybridized carbons (Fsp3) is 0.705. The molecule has 0 radical (unpaired) electrons. The predicted molar refractivity (Wildman–Crippen MR) is 235 cm³/mol. The van der Waals surface area contributed by atoms with Gasteiger partial charge in [0.25, 0.3) is 5.91 Å². The number of phenols is 1. The molecule has 338 valence electrons. The van der Waals surface area contributed by atoms with E-state index in [4.69, 9.17) is 4.74 Å². The number of phenolic OH excluding ortho intramolecular Hbond substituents is 1.